The Hall–Kier alpha value is -1.93. The molecule has 2 heterocycles. The van der Waals surface area contributed by atoms with Crippen molar-refractivity contribution in [1.82, 2.24) is 14.4 Å². The number of sulfonamides is 1. The van der Waals surface area contributed by atoms with Gasteiger partial charge in [0.2, 0.25) is 10.0 Å². The van der Waals surface area contributed by atoms with Gasteiger partial charge in [-0.2, -0.15) is 9.29 Å². The number of nitrogens with zero attached hydrogens (tertiary/aromatic N) is 3. The summed E-state index contributed by atoms with van der Waals surface area (Å²) in [5, 5.41) is 3.76. The van der Waals surface area contributed by atoms with Gasteiger partial charge in [0.15, 0.2) is 5.82 Å². The van der Waals surface area contributed by atoms with Gasteiger partial charge in [0.05, 0.1) is 17.1 Å². The first-order chi connectivity index (χ1) is 11.0. The largest absolute Gasteiger partial charge is 0.493 e. The van der Waals surface area contributed by atoms with E-state index in [4.69, 9.17) is 9.26 Å². The number of aromatic nitrogens is 2. The van der Waals surface area contributed by atoms with Crippen LogP contribution >= 0.6 is 0 Å². The maximum absolute atomic E-state index is 12.7. The van der Waals surface area contributed by atoms with Crippen LogP contribution < -0.4 is 4.74 Å². The van der Waals surface area contributed by atoms with Crippen molar-refractivity contribution in [1.29, 1.82) is 0 Å². The van der Waals surface area contributed by atoms with Crippen molar-refractivity contribution >= 4 is 10.0 Å². The molecule has 1 aliphatic rings. The molecule has 0 amide bonds. The Kier molecular flexibility index (Phi) is 4.36. The third kappa shape index (κ3) is 3.09. The molecule has 0 atom stereocenters. The van der Waals surface area contributed by atoms with Crippen molar-refractivity contribution in [2.45, 2.75) is 31.6 Å². The fraction of sp³-hybridized carbons (Fsp3) is 0.467. The van der Waals surface area contributed by atoms with E-state index < -0.39 is 10.0 Å². The summed E-state index contributed by atoms with van der Waals surface area (Å²) in [6.07, 6.45) is 1.79. The maximum atomic E-state index is 12.7. The first-order valence-corrected chi connectivity index (χ1v) is 9.04. The van der Waals surface area contributed by atoms with Gasteiger partial charge in [-0.1, -0.05) is 5.16 Å². The molecule has 23 heavy (non-hydrogen) atoms. The first-order valence-electron chi connectivity index (χ1n) is 7.60. The van der Waals surface area contributed by atoms with Gasteiger partial charge >= 0.3 is 0 Å². The summed E-state index contributed by atoms with van der Waals surface area (Å²) in [5.74, 6) is 1.26. The van der Waals surface area contributed by atoms with Crippen molar-refractivity contribution < 1.29 is 17.7 Å². The lowest BCUT2D eigenvalue weighted by atomic mass is 10.2. The van der Waals surface area contributed by atoms with E-state index in [9.17, 15) is 8.42 Å². The predicted octanol–water partition coefficient (Wildman–Crippen LogP) is 2.23. The second kappa shape index (κ2) is 6.29. The standard InChI is InChI=1S/C15H19N3O4S/c1-3-21-14-7-6-12(23(19,20)18-8-4-5-9-18)10-13(14)15-16-11(2)17-22-15/h6-7,10H,3-5,8-9H2,1-2H3. The molecule has 1 aromatic carbocycles. The Labute approximate surface area is 135 Å². The summed E-state index contributed by atoms with van der Waals surface area (Å²) < 4.78 is 37.7. The van der Waals surface area contributed by atoms with E-state index in [1.807, 2.05) is 6.92 Å². The van der Waals surface area contributed by atoms with E-state index >= 15 is 0 Å². The van der Waals surface area contributed by atoms with Gasteiger partial charge < -0.3 is 9.26 Å². The fourth-order valence-corrected chi connectivity index (χ4v) is 4.15. The molecule has 0 spiro atoms. The van der Waals surface area contributed by atoms with Crippen LogP contribution in [0.4, 0.5) is 0 Å². The first kappa shape index (κ1) is 15.9. The summed E-state index contributed by atoms with van der Waals surface area (Å²) in [6.45, 7) is 5.14. The number of aryl methyl sites for hydroxylation is 1. The van der Waals surface area contributed by atoms with Crippen molar-refractivity contribution in [2.75, 3.05) is 19.7 Å². The highest BCUT2D eigenvalue weighted by Crippen LogP contribution is 2.33. The van der Waals surface area contributed by atoms with Crippen molar-refractivity contribution in [2.24, 2.45) is 0 Å². The lowest BCUT2D eigenvalue weighted by Gasteiger charge is -2.16. The molecule has 0 saturated carbocycles. The van der Waals surface area contributed by atoms with E-state index in [2.05, 4.69) is 10.1 Å². The Bertz CT molecular complexity index is 795. The summed E-state index contributed by atoms with van der Waals surface area (Å²) in [6, 6.07) is 4.75. The van der Waals surface area contributed by atoms with E-state index in [0.29, 0.717) is 36.8 Å². The molecule has 7 nitrogen and oxygen atoms in total. The third-order valence-electron chi connectivity index (χ3n) is 3.71. The molecule has 0 radical (unpaired) electrons. The summed E-state index contributed by atoms with van der Waals surface area (Å²) in [5.41, 5.74) is 0.493. The summed E-state index contributed by atoms with van der Waals surface area (Å²) in [7, 11) is -3.51. The van der Waals surface area contributed by atoms with Gasteiger partial charge in [-0.05, 0) is 44.9 Å². The smallest absolute Gasteiger partial charge is 0.261 e. The topological polar surface area (TPSA) is 85.5 Å². The number of hydrogen-bond acceptors (Lipinski definition) is 6. The van der Waals surface area contributed by atoms with Gasteiger partial charge in [0, 0.05) is 13.1 Å². The Morgan fingerprint density at radius 3 is 2.65 bits per heavy atom. The Morgan fingerprint density at radius 2 is 2.04 bits per heavy atom. The van der Waals surface area contributed by atoms with Crippen LogP contribution in [-0.2, 0) is 10.0 Å². The zero-order valence-corrected chi connectivity index (χ0v) is 14.0. The minimum absolute atomic E-state index is 0.216. The van der Waals surface area contributed by atoms with Crippen LogP contribution in [0.1, 0.15) is 25.6 Å². The summed E-state index contributed by atoms with van der Waals surface area (Å²) in [4.78, 5) is 4.39. The van der Waals surface area contributed by atoms with Crippen LogP contribution in [0.2, 0.25) is 0 Å². The third-order valence-corrected chi connectivity index (χ3v) is 5.61. The van der Waals surface area contributed by atoms with Gasteiger partial charge in [-0.25, -0.2) is 8.42 Å². The highest BCUT2D eigenvalue weighted by Gasteiger charge is 2.28. The number of benzene rings is 1. The normalized spacial score (nSPS) is 15.9. The molecule has 0 aliphatic carbocycles. The average Bonchev–Trinajstić information content (AvgIpc) is 3.19. The van der Waals surface area contributed by atoms with E-state index in [-0.39, 0.29) is 10.8 Å². The SMILES string of the molecule is CCOc1ccc(S(=O)(=O)N2CCCC2)cc1-c1nc(C)no1. The minimum Gasteiger partial charge on any atom is -0.493 e. The van der Waals surface area contributed by atoms with Crippen LogP contribution in [0, 0.1) is 6.92 Å². The Morgan fingerprint density at radius 1 is 1.30 bits per heavy atom. The van der Waals surface area contributed by atoms with Crippen LogP contribution in [0.3, 0.4) is 0 Å². The van der Waals surface area contributed by atoms with Crippen molar-refractivity contribution in [3.63, 3.8) is 0 Å². The molecule has 3 rings (SSSR count). The van der Waals surface area contributed by atoms with E-state index in [1.165, 1.54) is 4.31 Å². The van der Waals surface area contributed by atoms with Gasteiger partial charge in [0.1, 0.15) is 5.75 Å². The van der Waals surface area contributed by atoms with Crippen LogP contribution in [0.25, 0.3) is 11.5 Å². The van der Waals surface area contributed by atoms with Crippen LogP contribution in [-0.4, -0.2) is 42.6 Å². The molecule has 0 unspecified atom stereocenters. The van der Waals surface area contributed by atoms with Gasteiger partial charge in [-0.15, -0.1) is 0 Å². The summed E-state index contributed by atoms with van der Waals surface area (Å²) >= 11 is 0. The van der Waals surface area contributed by atoms with Gasteiger partial charge in [0.25, 0.3) is 5.89 Å². The second-order valence-electron chi connectivity index (χ2n) is 5.35. The van der Waals surface area contributed by atoms with E-state index in [1.54, 1.807) is 25.1 Å². The fourth-order valence-electron chi connectivity index (χ4n) is 2.60. The maximum Gasteiger partial charge on any atom is 0.261 e. The lowest BCUT2D eigenvalue weighted by Crippen LogP contribution is -2.27. The molecule has 1 aliphatic heterocycles. The second-order valence-corrected chi connectivity index (χ2v) is 7.29. The average molecular weight is 337 g/mol. The molecule has 0 bridgehead atoms. The van der Waals surface area contributed by atoms with Gasteiger partial charge in [-0.3, -0.25) is 0 Å². The highest BCUT2D eigenvalue weighted by molar-refractivity contribution is 7.89. The monoisotopic (exact) mass is 337 g/mol. The molecule has 2 aromatic rings. The zero-order valence-electron chi connectivity index (χ0n) is 13.2. The molecular formula is C15H19N3O4S. The van der Waals surface area contributed by atoms with Crippen molar-refractivity contribution in [3.8, 4) is 17.2 Å². The molecule has 1 aromatic heterocycles. The molecule has 1 fully saturated rings. The van der Waals surface area contributed by atoms with Crippen molar-refractivity contribution in [3.05, 3.63) is 24.0 Å². The van der Waals surface area contributed by atoms with Crippen LogP contribution in [0.15, 0.2) is 27.6 Å². The molecule has 0 N–H and O–H groups in total. The van der Waals surface area contributed by atoms with E-state index in [0.717, 1.165) is 12.8 Å². The molecule has 124 valence electrons. The number of ether oxygens (including phenoxy) is 1. The number of hydrogen-bond donors (Lipinski definition) is 0. The van der Waals surface area contributed by atoms with Crippen LogP contribution in [0.5, 0.6) is 5.75 Å². The predicted molar refractivity (Wildman–Crippen MR) is 83.6 cm³/mol. The zero-order chi connectivity index (χ0) is 16.4. The number of rotatable bonds is 5. The molecule has 1 saturated heterocycles. The quantitative estimate of drug-likeness (QED) is 0.831. The highest BCUT2D eigenvalue weighted by atomic mass is 32.2. The molecular weight excluding hydrogens is 318 g/mol. The lowest BCUT2D eigenvalue weighted by molar-refractivity contribution is 0.339. The minimum atomic E-state index is -3.51. The molecule has 8 heteroatoms. The Balaban J connectivity index is 2.06.